The van der Waals surface area contributed by atoms with E-state index < -0.39 is 33.2 Å². The summed E-state index contributed by atoms with van der Waals surface area (Å²) in [4.78, 5) is 11.2. The van der Waals surface area contributed by atoms with Gasteiger partial charge in [-0.3, -0.25) is 0 Å². The van der Waals surface area contributed by atoms with E-state index in [-0.39, 0.29) is 51.0 Å². The summed E-state index contributed by atoms with van der Waals surface area (Å²) >= 11 is 5.97. The van der Waals surface area contributed by atoms with Gasteiger partial charge in [-0.05, 0) is 73.4 Å². The zero-order chi connectivity index (χ0) is 25.0. The Morgan fingerprint density at radius 3 is 2.34 bits per heavy atom. The summed E-state index contributed by atoms with van der Waals surface area (Å²) in [5.74, 6) is -1.90. The monoisotopic (exact) mass is 527 g/mol. The second-order valence-corrected chi connectivity index (χ2v) is 10.5. The third-order valence-electron chi connectivity index (χ3n) is 5.48. The van der Waals surface area contributed by atoms with Crippen LogP contribution in [0.4, 0.5) is 0 Å². The van der Waals surface area contributed by atoms with E-state index in [1.54, 1.807) is 36.4 Å². The minimum absolute atomic E-state index is 0. The number of hydrogen-bond donors (Lipinski definition) is 4. The topological polar surface area (TPSA) is 124 Å². The number of aromatic hydroxyl groups is 1. The molecule has 2 atom stereocenters. The first kappa shape index (κ1) is 29.3. The van der Waals surface area contributed by atoms with Crippen LogP contribution in [0, 0.1) is 6.92 Å². The van der Waals surface area contributed by atoms with Gasteiger partial charge in [-0.15, -0.1) is 0 Å². The van der Waals surface area contributed by atoms with Crippen molar-refractivity contribution in [2.24, 2.45) is 0 Å². The molecule has 3 aromatic carbocycles. The van der Waals surface area contributed by atoms with Crippen LogP contribution in [0.5, 0.6) is 5.75 Å². The molecule has 0 radical (unpaired) electrons. The summed E-state index contributed by atoms with van der Waals surface area (Å²) in [6.45, 7) is 3.79. The molecule has 0 saturated heterocycles. The number of nitrogens with one attached hydrogen (secondary N) is 1. The van der Waals surface area contributed by atoms with Crippen molar-refractivity contribution < 1.29 is 28.5 Å². The standard InChI is InChI=1S/C25H26ClNO6S.Na.H/c1-15-10-22(28)21(25(30)31)13-24(15)34(32,33)20-8-6-17(7-9-20)11-16(2)27-14-23(29)18-4-3-5-19(26)12-18;;/h3-10,12-13,16,23,27-29H,11,14H2,1-2H3,(H,30,31);;/t16-,23-;;/m1../s1. The fourth-order valence-corrected chi connectivity index (χ4v) is 5.34. The maximum atomic E-state index is 13.1. The predicted molar refractivity (Wildman–Crippen MR) is 136 cm³/mol. The fourth-order valence-electron chi connectivity index (χ4n) is 3.64. The van der Waals surface area contributed by atoms with Gasteiger partial charge in [0.1, 0.15) is 11.3 Å². The van der Waals surface area contributed by atoms with Gasteiger partial charge in [-0.25, -0.2) is 13.2 Å². The number of benzene rings is 3. The molecule has 4 N–H and O–H groups in total. The molecule has 182 valence electrons. The Morgan fingerprint density at radius 1 is 1.09 bits per heavy atom. The molecule has 0 aliphatic rings. The molecule has 0 aromatic heterocycles. The molecular formula is C25H27ClNNaO6S. The summed E-state index contributed by atoms with van der Waals surface area (Å²) in [5.41, 5.74) is 1.39. The minimum atomic E-state index is -3.98. The van der Waals surface area contributed by atoms with Crippen LogP contribution >= 0.6 is 11.6 Å². The zero-order valence-electron chi connectivity index (χ0n) is 18.7. The van der Waals surface area contributed by atoms with Crippen molar-refractivity contribution in [1.82, 2.24) is 5.32 Å². The van der Waals surface area contributed by atoms with E-state index >= 15 is 0 Å². The van der Waals surface area contributed by atoms with Crippen LogP contribution in [0.3, 0.4) is 0 Å². The molecule has 0 spiro atoms. The molecule has 3 aromatic rings. The molecular weight excluding hydrogens is 501 g/mol. The normalized spacial score (nSPS) is 13.0. The summed E-state index contributed by atoms with van der Waals surface area (Å²) in [5, 5.41) is 33.2. The van der Waals surface area contributed by atoms with Gasteiger partial charge in [0, 0.05) is 17.6 Å². The molecule has 0 aliphatic carbocycles. The van der Waals surface area contributed by atoms with E-state index in [9.17, 15) is 28.5 Å². The number of rotatable bonds is 9. The summed E-state index contributed by atoms with van der Waals surface area (Å²) in [6.07, 6.45) is -0.109. The molecule has 35 heavy (non-hydrogen) atoms. The maximum absolute atomic E-state index is 13.1. The summed E-state index contributed by atoms with van der Waals surface area (Å²) in [7, 11) is -3.98. The molecule has 0 saturated carbocycles. The van der Waals surface area contributed by atoms with Crippen molar-refractivity contribution in [2.75, 3.05) is 6.54 Å². The third kappa shape index (κ3) is 7.30. The molecule has 0 heterocycles. The second kappa shape index (κ2) is 12.4. The number of halogens is 1. The molecule has 0 aliphatic heterocycles. The number of aryl methyl sites for hydroxylation is 1. The van der Waals surface area contributed by atoms with Crippen molar-refractivity contribution in [1.29, 1.82) is 0 Å². The van der Waals surface area contributed by atoms with Gasteiger partial charge in [-0.2, -0.15) is 0 Å². The molecule has 0 unspecified atom stereocenters. The average Bonchev–Trinajstić information content (AvgIpc) is 2.77. The Hall–Kier alpha value is -1.91. The fraction of sp³-hybridized carbons (Fsp3) is 0.240. The number of aromatic carboxylic acids is 1. The van der Waals surface area contributed by atoms with Gasteiger partial charge in [-0.1, -0.05) is 35.9 Å². The number of carbonyl (C=O) groups is 1. The Bertz CT molecular complexity index is 1300. The Labute approximate surface area is 232 Å². The van der Waals surface area contributed by atoms with E-state index in [0.717, 1.165) is 23.3 Å². The van der Waals surface area contributed by atoms with Crippen molar-refractivity contribution in [2.45, 2.75) is 42.2 Å². The third-order valence-corrected chi connectivity index (χ3v) is 7.63. The van der Waals surface area contributed by atoms with Gasteiger partial charge >= 0.3 is 35.5 Å². The van der Waals surface area contributed by atoms with Crippen LogP contribution in [-0.2, 0) is 16.3 Å². The quantitative estimate of drug-likeness (QED) is 0.314. The molecule has 0 amide bonds. The van der Waals surface area contributed by atoms with Gasteiger partial charge in [0.2, 0.25) is 9.84 Å². The zero-order valence-corrected chi connectivity index (χ0v) is 20.3. The molecule has 0 fully saturated rings. The van der Waals surface area contributed by atoms with Crippen LogP contribution in [0.25, 0.3) is 0 Å². The number of carboxylic acids is 1. The van der Waals surface area contributed by atoms with E-state index in [1.165, 1.54) is 19.1 Å². The molecule has 3 rings (SSSR count). The Kier molecular flexibility index (Phi) is 10.4. The molecule has 7 nitrogen and oxygen atoms in total. The van der Waals surface area contributed by atoms with E-state index in [0.29, 0.717) is 18.0 Å². The number of phenols is 1. The first-order valence-electron chi connectivity index (χ1n) is 10.6. The molecule has 0 bridgehead atoms. The predicted octanol–water partition coefficient (Wildman–Crippen LogP) is 3.49. The second-order valence-electron chi connectivity index (χ2n) is 8.17. The van der Waals surface area contributed by atoms with E-state index in [4.69, 9.17) is 11.6 Å². The van der Waals surface area contributed by atoms with Crippen LogP contribution < -0.4 is 5.32 Å². The van der Waals surface area contributed by atoms with E-state index in [1.807, 2.05) is 6.92 Å². The van der Waals surface area contributed by atoms with Crippen molar-refractivity contribution >= 4 is 57.0 Å². The number of aliphatic hydroxyl groups excluding tert-OH is 1. The Balaban J connectivity index is 0.00000432. The van der Waals surface area contributed by atoms with Crippen molar-refractivity contribution in [3.8, 4) is 5.75 Å². The Morgan fingerprint density at radius 2 is 1.74 bits per heavy atom. The van der Waals surface area contributed by atoms with Gasteiger partial charge in [0.25, 0.3) is 0 Å². The number of hydrogen-bond acceptors (Lipinski definition) is 6. The van der Waals surface area contributed by atoms with Gasteiger partial charge in [0.05, 0.1) is 15.9 Å². The van der Waals surface area contributed by atoms with Gasteiger partial charge in [0.15, 0.2) is 0 Å². The number of carboxylic acid groups (broad SMARTS) is 1. The first-order chi connectivity index (χ1) is 16.0. The average molecular weight is 528 g/mol. The van der Waals surface area contributed by atoms with Crippen LogP contribution in [0.2, 0.25) is 5.02 Å². The summed E-state index contributed by atoms with van der Waals surface area (Å²) < 4.78 is 26.2. The summed E-state index contributed by atoms with van der Waals surface area (Å²) in [6, 6.07) is 15.5. The van der Waals surface area contributed by atoms with Gasteiger partial charge < -0.3 is 20.6 Å². The van der Waals surface area contributed by atoms with Crippen LogP contribution in [0.15, 0.2) is 70.5 Å². The SMILES string of the molecule is Cc1cc(O)c(C(=O)O)cc1S(=O)(=O)c1ccc(C[C@@H](C)NC[C@@H](O)c2cccc(Cl)c2)cc1.[NaH]. The first-order valence-corrected chi connectivity index (χ1v) is 12.4. The molecule has 10 heteroatoms. The van der Waals surface area contributed by atoms with Crippen molar-refractivity contribution in [3.63, 3.8) is 0 Å². The van der Waals surface area contributed by atoms with Crippen LogP contribution in [-0.4, -0.2) is 71.9 Å². The number of aliphatic hydroxyl groups is 1. The van der Waals surface area contributed by atoms with Crippen molar-refractivity contribution in [3.05, 3.63) is 87.9 Å². The van der Waals surface area contributed by atoms with Crippen LogP contribution in [0.1, 0.15) is 40.1 Å². The van der Waals surface area contributed by atoms with E-state index in [2.05, 4.69) is 5.32 Å². The number of sulfone groups is 1.